The minimum atomic E-state index is -0.731. The highest BCUT2D eigenvalue weighted by molar-refractivity contribution is 5.45. The maximum atomic E-state index is 10.8. The number of aliphatic hydroxyl groups is 1. The summed E-state index contributed by atoms with van der Waals surface area (Å²) in [6.45, 7) is 1.78. The Morgan fingerprint density at radius 3 is 2.82 bits per heavy atom. The second-order valence-electron chi connectivity index (χ2n) is 3.55. The predicted molar refractivity (Wildman–Crippen MR) is 64.2 cm³/mol. The van der Waals surface area contributed by atoms with Crippen LogP contribution in [0.25, 0.3) is 0 Å². The van der Waals surface area contributed by atoms with Crippen LogP contribution in [0.15, 0.2) is 30.4 Å². The number of methoxy groups -OCH3 is 1. The molecule has 1 aromatic carbocycles. The van der Waals surface area contributed by atoms with Crippen molar-refractivity contribution in [3.8, 4) is 5.75 Å². The number of aliphatic hydroxyl groups excluding tert-OH is 1. The number of ether oxygens (including phenoxy) is 1. The van der Waals surface area contributed by atoms with Crippen LogP contribution in [0.1, 0.15) is 12.5 Å². The van der Waals surface area contributed by atoms with E-state index >= 15 is 0 Å². The summed E-state index contributed by atoms with van der Waals surface area (Å²) >= 11 is 0. The summed E-state index contributed by atoms with van der Waals surface area (Å²) in [5.74, 6) is 0.540. The molecule has 0 saturated carbocycles. The molecule has 0 aliphatic heterocycles. The Kier molecular flexibility index (Phi) is 4.66. The molecule has 0 fully saturated rings. The molecule has 17 heavy (non-hydrogen) atoms. The van der Waals surface area contributed by atoms with E-state index in [1.54, 1.807) is 25.1 Å². The summed E-state index contributed by atoms with van der Waals surface area (Å²) in [7, 11) is 1.49. The largest absolute Gasteiger partial charge is 0.497 e. The van der Waals surface area contributed by atoms with E-state index in [0.717, 1.165) is 0 Å². The van der Waals surface area contributed by atoms with E-state index < -0.39 is 11.0 Å². The Morgan fingerprint density at radius 1 is 1.59 bits per heavy atom. The van der Waals surface area contributed by atoms with E-state index in [0.29, 0.717) is 11.3 Å². The summed E-state index contributed by atoms with van der Waals surface area (Å²) in [4.78, 5) is 10.4. The van der Waals surface area contributed by atoms with Crippen molar-refractivity contribution in [3.05, 3.63) is 46.0 Å². The molecule has 1 N–H and O–H groups in total. The Bertz CT molecular complexity index is 429. The van der Waals surface area contributed by atoms with Gasteiger partial charge in [0.1, 0.15) is 5.75 Å². The number of nitro benzene ring substituents is 1. The van der Waals surface area contributed by atoms with E-state index in [-0.39, 0.29) is 12.1 Å². The number of hydrogen-bond donors (Lipinski definition) is 1. The number of nitrogens with zero attached hydrogens (tertiary/aromatic N) is 1. The van der Waals surface area contributed by atoms with Crippen LogP contribution < -0.4 is 4.74 Å². The fourth-order valence-electron chi connectivity index (χ4n) is 1.55. The molecule has 0 bridgehead atoms. The number of nitro groups is 1. The Hall–Kier alpha value is -1.88. The minimum Gasteiger partial charge on any atom is -0.497 e. The van der Waals surface area contributed by atoms with Gasteiger partial charge in [0.05, 0.1) is 18.1 Å². The van der Waals surface area contributed by atoms with Crippen molar-refractivity contribution in [2.24, 2.45) is 0 Å². The lowest BCUT2D eigenvalue weighted by molar-refractivity contribution is -0.385. The molecule has 0 radical (unpaired) electrons. The lowest BCUT2D eigenvalue weighted by atomic mass is 10.1. The van der Waals surface area contributed by atoms with Crippen LogP contribution in [-0.2, 0) is 6.42 Å². The molecule has 1 rings (SSSR count). The molecule has 1 aromatic rings. The SMILES string of the molecule is C/C=C/C(O)Cc1cc(OC)ccc1[N+](=O)[O-]. The third kappa shape index (κ3) is 3.57. The first-order chi connectivity index (χ1) is 8.08. The molecule has 1 atom stereocenters. The van der Waals surface area contributed by atoms with Crippen LogP contribution in [0.5, 0.6) is 5.75 Å². The van der Waals surface area contributed by atoms with Gasteiger partial charge in [-0.3, -0.25) is 10.1 Å². The average Bonchev–Trinajstić information content (AvgIpc) is 2.28. The van der Waals surface area contributed by atoms with Gasteiger partial charge in [0.2, 0.25) is 0 Å². The summed E-state index contributed by atoms with van der Waals surface area (Å²) < 4.78 is 5.01. The molecule has 92 valence electrons. The highest BCUT2D eigenvalue weighted by Gasteiger charge is 2.16. The molecule has 1 unspecified atom stereocenters. The molecule has 0 aliphatic rings. The first-order valence-electron chi connectivity index (χ1n) is 5.20. The second-order valence-corrected chi connectivity index (χ2v) is 3.55. The molecule has 0 aliphatic carbocycles. The van der Waals surface area contributed by atoms with Gasteiger partial charge in [0.15, 0.2) is 0 Å². The number of rotatable bonds is 5. The van der Waals surface area contributed by atoms with E-state index in [1.165, 1.54) is 19.2 Å². The van der Waals surface area contributed by atoms with Crippen molar-refractivity contribution in [1.29, 1.82) is 0 Å². The van der Waals surface area contributed by atoms with Crippen molar-refractivity contribution >= 4 is 5.69 Å². The van der Waals surface area contributed by atoms with Gasteiger partial charge in [-0.2, -0.15) is 0 Å². The molecule has 5 nitrogen and oxygen atoms in total. The monoisotopic (exact) mass is 237 g/mol. The molecule has 0 saturated heterocycles. The second kappa shape index (κ2) is 6.00. The van der Waals surface area contributed by atoms with Gasteiger partial charge in [0.25, 0.3) is 5.69 Å². The summed E-state index contributed by atoms with van der Waals surface area (Å²) in [6, 6.07) is 4.49. The van der Waals surface area contributed by atoms with E-state index in [9.17, 15) is 15.2 Å². The van der Waals surface area contributed by atoms with Crippen molar-refractivity contribution in [2.45, 2.75) is 19.4 Å². The van der Waals surface area contributed by atoms with Gasteiger partial charge in [-0.1, -0.05) is 12.2 Å². The van der Waals surface area contributed by atoms with Gasteiger partial charge in [-0.05, 0) is 19.1 Å². The summed E-state index contributed by atoms with van der Waals surface area (Å²) in [5, 5.41) is 20.4. The first kappa shape index (κ1) is 13.2. The molecular weight excluding hydrogens is 222 g/mol. The fraction of sp³-hybridized carbons (Fsp3) is 0.333. The maximum Gasteiger partial charge on any atom is 0.272 e. The number of allylic oxidation sites excluding steroid dienone is 1. The third-order valence-corrected chi connectivity index (χ3v) is 2.33. The normalized spacial score (nSPS) is 12.6. The summed E-state index contributed by atoms with van der Waals surface area (Å²) in [6.07, 6.45) is 2.75. The lowest BCUT2D eigenvalue weighted by Gasteiger charge is -2.08. The van der Waals surface area contributed by atoms with Crippen LogP contribution in [0, 0.1) is 10.1 Å². The minimum absolute atomic E-state index is 0.00523. The summed E-state index contributed by atoms with van der Waals surface area (Å²) in [5.41, 5.74) is 0.453. The molecule has 0 aromatic heterocycles. The van der Waals surface area contributed by atoms with E-state index in [4.69, 9.17) is 4.74 Å². The Labute approximate surface area is 99.5 Å². The molecule has 0 spiro atoms. The maximum absolute atomic E-state index is 10.8. The van der Waals surface area contributed by atoms with Crippen molar-refractivity contribution < 1.29 is 14.8 Å². The highest BCUT2D eigenvalue weighted by atomic mass is 16.6. The highest BCUT2D eigenvalue weighted by Crippen LogP contribution is 2.25. The van der Waals surface area contributed by atoms with Gasteiger partial charge >= 0.3 is 0 Å². The topological polar surface area (TPSA) is 72.6 Å². The van der Waals surface area contributed by atoms with E-state index in [1.807, 2.05) is 0 Å². The molecule has 0 amide bonds. The van der Waals surface area contributed by atoms with Crippen molar-refractivity contribution in [2.75, 3.05) is 7.11 Å². The number of hydrogen-bond acceptors (Lipinski definition) is 4. The first-order valence-corrected chi connectivity index (χ1v) is 5.20. The standard InChI is InChI=1S/C12H15NO4/c1-3-4-10(14)7-9-8-11(17-2)5-6-12(9)13(15)16/h3-6,8,10,14H,7H2,1-2H3/b4-3+. The van der Waals surface area contributed by atoms with Crippen LogP contribution >= 0.6 is 0 Å². The lowest BCUT2D eigenvalue weighted by Crippen LogP contribution is -2.08. The van der Waals surface area contributed by atoms with Gasteiger partial charge in [-0.25, -0.2) is 0 Å². The molecule has 5 heteroatoms. The Balaban J connectivity index is 3.04. The van der Waals surface area contributed by atoms with Gasteiger partial charge < -0.3 is 9.84 Å². The zero-order chi connectivity index (χ0) is 12.8. The van der Waals surface area contributed by atoms with Crippen molar-refractivity contribution in [1.82, 2.24) is 0 Å². The fourth-order valence-corrected chi connectivity index (χ4v) is 1.55. The zero-order valence-corrected chi connectivity index (χ0v) is 9.79. The zero-order valence-electron chi connectivity index (χ0n) is 9.79. The van der Waals surface area contributed by atoms with Crippen LogP contribution in [0.2, 0.25) is 0 Å². The van der Waals surface area contributed by atoms with Crippen LogP contribution in [-0.4, -0.2) is 23.2 Å². The van der Waals surface area contributed by atoms with Crippen LogP contribution in [0.3, 0.4) is 0 Å². The van der Waals surface area contributed by atoms with E-state index in [2.05, 4.69) is 0 Å². The smallest absolute Gasteiger partial charge is 0.272 e. The van der Waals surface area contributed by atoms with Crippen LogP contribution in [0.4, 0.5) is 5.69 Å². The molecular formula is C12H15NO4. The third-order valence-electron chi connectivity index (χ3n) is 2.33. The quantitative estimate of drug-likeness (QED) is 0.483. The Morgan fingerprint density at radius 2 is 2.29 bits per heavy atom. The molecule has 0 heterocycles. The van der Waals surface area contributed by atoms with Gasteiger partial charge in [0, 0.05) is 18.1 Å². The average molecular weight is 237 g/mol. The van der Waals surface area contributed by atoms with Gasteiger partial charge in [-0.15, -0.1) is 0 Å². The number of benzene rings is 1. The predicted octanol–water partition coefficient (Wildman–Crippen LogP) is 2.08. The van der Waals surface area contributed by atoms with Crippen molar-refractivity contribution in [3.63, 3.8) is 0 Å².